The molecule has 82 valence electrons. The highest BCUT2D eigenvalue weighted by molar-refractivity contribution is 7.99. The van der Waals surface area contributed by atoms with Crippen LogP contribution in [0.1, 0.15) is 11.5 Å². The van der Waals surface area contributed by atoms with Crippen molar-refractivity contribution in [3.05, 3.63) is 29.8 Å². The zero-order chi connectivity index (χ0) is 10.7. The average Bonchev–Trinajstić information content (AvgIpc) is 2.62. The first-order valence-corrected chi connectivity index (χ1v) is 6.40. The van der Waals surface area contributed by atoms with E-state index in [1.54, 1.807) is 0 Å². The molecular weight excluding hydrogens is 204 g/mol. The molecule has 0 aliphatic carbocycles. The van der Waals surface area contributed by atoms with Crippen molar-refractivity contribution in [1.29, 1.82) is 0 Å². The number of nitrogens with two attached hydrogens (primary N) is 1. The third-order valence-corrected chi connectivity index (χ3v) is 4.09. The molecule has 0 saturated carbocycles. The van der Waals surface area contributed by atoms with Gasteiger partial charge < -0.3 is 10.6 Å². The van der Waals surface area contributed by atoms with Crippen molar-refractivity contribution >= 4 is 11.8 Å². The molecule has 1 aromatic rings. The maximum atomic E-state index is 5.55. The fourth-order valence-corrected chi connectivity index (χ4v) is 3.31. The summed E-state index contributed by atoms with van der Waals surface area (Å²) in [7, 11) is 2.15. The van der Waals surface area contributed by atoms with Crippen LogP contribution in [0.5, 0.6) is 0 Å². The molecule has 1 heterocycles. The van der Waals surface area contributed by atoms with E-state index in [4.69, 9.17) is 5.73 Å². The topological polar surface area (TPSA) is 29.3 Å². The van der Waals surface area contributed by atoms with Gasteiger partial charge in [0.25, 0.3) is 0 Å². The predicted molar refractivity (Wildman–Crippen MR) is 66.5 cm³/mol. The summed E-state index contributed by atoms with van der Waals surface area (Å²) >= 11 is 1.98. The fourth-order valence-electron chi connectivity index (χ4n) is 2.07. The summed E-state index contributed by atoms with van der Waals surface area (Å²) in [6.07, 6.45) is 0. The van der Waals surface area contributed by atoms with Crippen molar-refractivity contribution < 1.29 is 0 Å². The molecule has 1 aromatic carbocycles. The second kappa shape index (κ2) is 5.01. The third-order valence-electron chi connectivity index (χ3n) is 2.84. The minimum absolute atomic E-state index is 0.683. The first-order chi connectivity index (χ1) is 7.31. The van der Waals surface area contributed by atoms with Crippen LogP contribution < -0.4 is 5.73 Å². The van der Waals surface area contributed by atoms with Gasteiger partial charge in [0, 0.05) is 36.2 Å². The first kappa shape index (κ1) is 11.0. The van der Waals surface area contributed by atoms with Crippen LogP contribution in [0.2, 0.25) is 0 Å². The van der Waals surface area contributed by atoms with E-state index in [-0.39, 0.29) is 0 Å². The lowest BCUT2D eigenvalue weighted by Crippen LogP contribution is -2.29. The summed E-state index contributed by atoms with van der Waals surface area (Å²) in [5.74, 6) is 1.90. The normalized spacial score (nSPS) is 19.5. The van der Waals surface area contributed by atoms with Crippen molar-refractivity contribution in [2.75, 3.05) is 32.4 Å². The van der Waals surface area contributed by atoms with Gasteiger partial charge in [0.2, 0.25) is 0 Å². The Morgan fingerprint density at radius 2 is 2.27 bits per heavy atom. The Bertz CT molecular complexity index is 327. The van der Waals surface area contributed by atoms with Crippen molar-refractivity contribution in [2.45, 2.75) is 10.8 Å². The van der Waals surface area contributed by atoms with E-state index in [0.717, 1.165) is 19.6 Å². The molecule has 0 radical (unpaired) electrons. The Kier molecular flexibility index (Phi) is 3.67. The van der Waals surface area contributed by atoms with Crippen molar-refractivity contribution in [3.63, 3.8) is 0 Å². The lowest BCUT2D eigenvalue weighted by Gasteiger charge is -2.20. The van der Waals surface area contributed by atoms with Gasteiger partial charge >= 0.3 is 0 Å². The highest BCUT2D eigenvalue weighted by atomic mass is 32.2. The van der Waals surface area contributed by atoms with E-state index in [1.165, 1.54) is 16.2 Å². The van der Waals surface area contributed by atoms with Gasteiger partial charge in [0.1, 0.15) is 0 Å². The smallest absolute Gasteiger partial charge is 0.0108 e. The highest BCUT2D eigenvalue weighted by Gasteiger charge is 2.23. The molecule has 2 rings (SSSR count). The molecule has 0 saturated heterocycles. The van der Waals surface area contributed by atoms with Crippen molar-refractivity contribution in [1.82, 2.24) is 4.90 Å². The molecule has 0 spiro atoms. The summed E-state index contributed by atoms with van der Waals surface area (Å²) in [5, 5.41) is 0. The number of benzene rings is 1. The van der Waals surface area contributed by atoms with Crippen molar-refractivity contribution in [2.24, 2.45) is 5.73 Å². The number of nitrogens with zero attached hydrogens (tertiary/aromatic N) is 1. The SMILES string of the molecule is CN(CCN)CC1CSc2ccccc21. The van der Waals surface area contributed by atoms with Gasteiger partial charge in [0.15, 0.2) is 0 Å². The maximum Gasteiger partial charge on any atom is 0.0108 e. The molecule has 2 nitrogen and oxygen atoms in total. The Balaban J connectivity index is 2.01. The Morgan fingerprint density at radius 1 is 1.47 bits per heavy atom. The number of hydrogen-bond acceptors (Lipinski definition) is 3. The molecule has 3 heteroatoms. The zero-order valence-electron chi connectivity index (χ0n) is 9.15. The number of likely N-dealkylation sites (N-methyl/N-ethyl adjacent to an activating group) is 1. The molecule has 2 N–H and O–H groups in total. The van der Waals surface area contributed by atoms with Gasteiger partial charge in [0.05, 0.1) is 0 Å². The molecule has 0 amide bonds. The Hall–Kier alpha value is -0.510. The number of fused-ring (bicyclic) bond motifs is 1. The summed E-state index contributed by atoms with van der Waals surface area (Å²) < 4.78 is 0. The number of rotatable bonds is 4. The first-order valence-electron chi connectivity index (χ1n) is 5.41. The van der Waals surface area contributed by atoms with E-state index in [2.05, 4.69) is 36.2 Å². The maximum absolute atomic E-state index is 5.55. The van der Waals surface area contributed by atoms with Gasteiger partial charge in [-0.2, -0.15) is 0 Å². The highest BCUT2D eigenvalue weighted by Crippen LogP contribution is 2.39. The van der Waals surface area contributed by atoms with Crippen LogP contribution in [-0.2, 0) is 0 Å². The quantitative estimate of drug-likeness (QED) is 0.842. The van der Waals surface area contributed by atoms with Gasteiger partial charge in [-0.1, -0.05) is 18.2 Å². The van der Waals surface area contributed by atoms with Crippen LogP contribution in [-0.4, -0.2) is 37.3 Å². The molecular formula is C12H18N2S. The molecule has 0 bridgehead atoms. The van der Waals surface area contributed by atoms with Gasteiger partial charge in [-0.3, -0.25) is 0 Å². The van der Waals surface area contributed by atoms with Gasteiger partial charge in [-0.25, -0.2) is 0 Å². The van der Waals surface area contributed by atoms with Crippen LogP contribution >= 0.6 is 11.8 Å². The molecule has 1 unspecified atom stereocenters. The second-order valence-corrected chi connectivity index (χ2v) is 5.16. The van der Waals surface area contributed by atoms with Crippen LogP contribution in [0.15, 0.2) is 29.2 Å². The Labute approximate surface area is 95.8 Å². The summed E-state index contributed by atoms with van der Waals surface area (Å²) in [6, 6.07) is 8.75. The van der Waals surface area contributed by atoms with Crippen LogP contribution in [0.25, 0.3) is 0 Å². The Morgan fingerprint density at radius 3 is 3.07 bits per heavy atom. The van der Waals surface area contributed by atoms with Crippen molar-refractivity contribution in [3.8, 4) is 0 Å². The summed E-state index contributed by atoms with van der Waals surface area (Å²) in [5.41, 5.74) is 7.07. The molecule has 1 aliphatic heterocycles. The van der Waals surface area contributed by atoms with Gasteiger partial charge in [-0.15, -0.1) is 11.8 Å². The van der Waals surface area contributed by atoms with E-state index in [1.807, 2.05) is 11.8 Å². The molecule has 15 heavy (non-hydrogen) atoms. The molecule has 1 aliphatic rings. The average molecular weight is 222 g/mol. The molecule has 0 fully saturated rings. The summed E-state index contributed by atoms with van der Waals surface area (Å²) in [4.78, 5) is 3.79. The van der Waals surface area contributed by atoms with Crippen LogP contribution in [0, 0.1) is 0 Å². The number of hydrogen-bond donors (Lipinski definition) is 1. The number of thioether (sulfide) groups is 1. The molecule has 0 aromatic heterocycles. The standard InChI is InChI=1S/C12H18N2S/c1-14(7-6-13)8-10-9-15-12-5-3-2-4-11(10)12/h2-5,10H,6-9,13H2,1H3. The third kappa shape index (κ3) is 2.54. The largest absolute Gasteiger partial charge is 0.329 e. The lowest BCUT2D eigenvalue weighted by atomic mass is 10.0. The van der Waals surface area contributed by atoms with E-state index < -0.39 is 0 Å². The fraction of sp³-hybridized carbons (Fsp3) is 0.500. The summed E-state index contributed by atoms with van der Waals surface area (Å²) in [6.45, 7) is 2.86. The molecule has 1 atom stereocenters. The van der Waals surface area contributed by atoms with E-state index in [9.17, 15) is 0 Å². The van der Waals surface area contributed by atoms with Crippen LogP contribution in [0.4, 0.5) is 0 Å². The zero-order valence-corrected chi connectivity index (χ0v) is 9.96. The van der Waals surface area contributed by atoms with E-state index in [0.29, 0.717) is 5.92 Å². The minimum Gasteiger partial charge on any atom is -0.329 e. The predicted octanol–water partition coefficient (Wildman–Crippen LogP) is 1.77. The van der Waals surface area contributed by atoms with E-state index >= 15 is 0 Å². The monoisotopic (exact) mass is 222 g/mol. The van der Waals surface area contributed by atoms with Crippen LogP contribution in [0.3, 0.4) is 0 Å². The lowest BCUT2D eigenvalue weighted by molar-refractivity contribution is 0.327. The minimum atomic E-state index is 0.683. The van der Waals surface area contributed by atoms with Gasteiger partial charge in [-0.05, 0) is 18.7 Å². The second-order valence-electron chi connectivity index (χ2n) is 4.10.